The van der Waals surface area contributed by atoms with Gasteiger partial charge >= 0.3 is 6.03 Å². The minimum atomic E-state index is -1.05. The number of anilines is 2. The summed E-state index contributed by atoms with van der Waals surface area (Å²) < 4.78 is 31.2. The van der Waals surface area contributed by atoms with Gasteiger partial charge in [-0.1, -0.05) is 0 Å². The molecule has 1 aliphatic rings. The van der Waals surface area contributed by atoms with E-state index in [2.05, 4.69) is 10.6 Å². The van der Waals surface area contributed by atoms with Gasteiger partial charge in [0, 0.05) is 30.4 Å². The highest BCUT2D eigenvalue weighted by Gasteiger charge is 2.31. The van der Waals surface area contributed by atoms with Crippen molar-refractivity contribution >= 4 is 23.3 Å². The van der Waals surface area contributed by atoms with Crippen LogP contribution in [0, 0.1) is 11.6 Å². The maximum Gasteiger partial charge on any atom is 0.319 e. The molecule has 6 nitrogen and oxygen atoms in total. The molecule has 0 radical (unpaired) electrons. The predicted octanol–water partition coefficient (Wildman–Crippen LogP) is 2.90. The fourth-order valence-electron chi connectivity index (χ4n) is 2.74. The lowest BCUT2D eigenvalue weighted by Crippen LogP contribution is -2.39. The number of ether oxygens (including phenoxy) is 1. The first-order chi connectivity index (χ1) is 12.5. The zero-order chi connectivity index (χ0) is 18.7. The zero-order valence-corrected chi connectivity index (χ0v) is 14.0. The Bertz CT molecular complexity index is 827. The molecular formula is C18H17F2N3O3. The summed E-state index contributed by atoms with van der Waals surface area (Å²) in [6, 6.07) is 9.11. The summed E-state index contributed by atoms with van der Waals surface area (Å²) >= 11 is 0. The normalized spacial score (nSPS) is 16.5. The number of hydrogen-bond donors (Lipinski definition) is 2. The highest BCUT2D eigenvalue weighted by molar-refractivity contribution is 5.97. The van der Waals surface area contributed by atoms with Crippen LogP contribution in [0.25, 0.3) is 0 Å². The van der Waals surface area contributed by atoms with Gasteiger partial charge in [-0.3, -0.25) is 4.79 Å². The number of rotatable bonds is 4. The highest BCUT2D eigenvalue weighted by Crippen LogP contribution is 2.24. The van der Waals surface area contributed by atoms with Crippen molar-refractivity contribution in [3.8, 4) is 5.75 Å². The first-order valence-electron chi connectivity index (χ1n) is 7.93. The summed E-state index contributed by atoms with van der Waals surface area (Å²) in [5, 5.41) is 5.08. The summed E-state index contributed by atoms with van der Waals surface area (Å²) in [5.74, 6) is -1.48. The van der Waals surface area contributed by atoms with E-state index in [0.717, 1.165) is 12.1 Å². The van der Waals surface area contributed by atoms with Gasteiger partial charge in [0.25, 0.3) is 0 Å². The molecule has 0 saturated carbocycles. The second-order valence-electron chi connectivity index (χ2n) is 5.83. The second-order valence-corrected chi connectivity index (χ2v) is 5.83. The van der Waals surface area contributed by atoms with Crippen molar-refractivity contribution in [3.63, 3.8) is 0 Å². The number of urea groups is 1. The minimum absolute atomic E-state index is 0.117. The third-order valence-corrected chi connectivity index (χ3v) is 4.02. The number of methoxy groups -OCH3 is 1. The molecule has 2 aromatic carbocycles. The number of halogens is 2. The second kappa shape index (κ2) is 7.38. The molecule has 26 heavy (non-hydrogen) atoms. The first-order valence-corrected chi connectivity index (χ1v) is 7.93. The van der Waals surface area contributed by atoms with Crippen LogP contribution in [0.3, 0.4) is 0 Å². The van der Waals surface area contributed by atoms with E-state index in [1.165, 1.54) is 6.07 Å². The molecule has 1 aliphatic heterocycles. The molecule has 8 heteroatoms. The van der Waals surface area contributed by atoms with Crippen LogP contribution in [0.15, 0.2) is 42.5 Å². The number of benzene rings is 2. The molecule has 3 rings (SSSR count). The SMILES string of the molecule is COc1ccc(N2C[C@@H](NC(=O)Nc3ccc(F)c(F)c3)CC2=O)cc1. The Morgan fingerprint density at radius 2 is 1.88 bits per heavy atom. The lowest BCUT2D eigenvalue weighted by molar-refractivity contribution is -0.117. The van der Waals surface area contributed by atoms with Gasteiger partial charge in [0.05, 0.1) is 13.2 Å². The Labute approximate surface area is 148 Å². The molecule has 0 bridgehead atoms. The molecule has 0 aromatic heterocycles. The van der Waals surface area contributed by atoms with Crippen LogP contribution >= 0.6 is 0 Å². The zero-order valence-electron chi connectivity index (χ0n) is 14.0. The first kappa shape index (κ1) is 17.7. The van der Waals surface area contributed by atoms with Gasteiger partial charge < -0.3 is 20.3 Å². The molecule has 2 N–H and O–H groups in total. The van der Waals surface area contributed by atoms with Crippen molar-refractivity contribution in [2.45, 2.75) is 12.5 Å². The molecule has 1 atom stereocenters. The Hall–Kier alpha value is -3.16. The van der Waals surface area contributed by atoms with E-state index in [1.54, 1.807) is 36.3 Å². The van der Waals surface area contributed by atoms with E-state index in [1.807, 2.05) is 0 Å². The number of carbonyl (C=O) groups excluding carboxylic acids is 2. The Kier molecular flexibility index (Phi) is 5.01. The summed E-state index contributed by atoms with van der Waals surface area (Å²) in [4.78, 5) is 25.8. The van der Waals surface area contributed by atoms with Crippen molar-refractivity contribution in [3.05, 3.63) is 54.1 Å². The maximum atomic E-state index is 13.2. The van der Waals surface area contributed by atoms with Crippen molar-refractivity contribution in [2.75, 3.05) is 23.9 Å². The summed E-state index contributed by atoms with van der Waals surface area (Å²) in [6.07, 6.45) is 0.150. The molecule has 3 amide bonds. The van der Waals surface area contributed by atoms with Crippen LogP contribution < -0.4 is 20.3 Å². The van der Waals surface area contributed by atoms with Gasteiger partial charge in [0.1, 0.15) is 5.75 Å². The molecule has 0 unspecified atom stereocenters. The van der Waals surface area contributed by atoms with Crippen LogP contribution in [0.1, 0.15) is 6.42 Å². The van der Waals surface area contributed by atoms with Crippen molar-refractivity contribution in [1.82, 2.24) is 5.32 Å². The van der Waals surface area contributed by atoms with E-state index < -0.39 is 23.7 Å². The van der Waals surface area contributed by atoms with Crippen molar-refractivity contribution in [1.29, 1.82) is 0 Å². The average molecular weight is 361 g/mol. The van der Waals surface area contributed by atoms with E-state index in [4.69, 9.17) is 4.74 Å². The molecule has 1 fully saturated rings. The maximum absolute atomic E-state index is 13.2. The number of hydrogen-bond acceptors (Lipinski definition) is 3. The van der Waals surface area contributed by atoms with Gasteiger partial charge in [-0.15, -0.1) is 0 Å². The molecule has 1 heterocycles. The average Bonchev–Trinajstić information content (AvgIpc) is 2.98. The van der Waals surface area contributed by atoms with Crippen molar-refractivity contribution < 1.29 is 23.1 Å². The number of amides is 3. The molecule has 2 aromatic rings. The van der Waals surface area contributed by atoms with E-state index in [9.17, 15) is 18.4 Å². The predicted molar refractivity (Wildman–Crippen MR) is 92.3 cm³/mol. The van der Waals surface area contributed by atoms with E-state index in [0.29, 0.717) is 18.0 Å². The van der Waals surface area contributed by atoms with Crippen molar-refractivity contribution in [2.24, 2.45) is 0 Å². The molecule has 136 valence electrons. The standard InChI is InChI=1S/C18H17F2N3O3/c1-26-14-5-3-13(4-6-14)23-10-12(9-17(23)24)22-18(25)21-11-2-7-15(19)16(20)8-11/h2-8,12H,9-10H2,1H3,(H2,21,22,25)/t12-/m0/s1. The van der Waals surface area contributed by atoms with Crippen LogP contribution in [0.2, 0.25) is 0 Å². The molecular weight excluding hydrogens is 344 g/mol. The number of nitrogens with zero attached hydrogens (tertiary/aromatic N) is 1. The number of carbonyl (C=O) groups is 2. The molecule has 1 saturated heterocycles. The molecule has 0 aliphatic carbocycles. The summed E-state index contributed by atoms with van der Waals surface area (Å²) in [6.45, 7) is 0.316. The van der Waals surface area contributed by atoms with Gasteiger partial charge in [-0.2, -0.15) is 0 Å². The van der Waals surface area contributed by atoms with Gasteiger partial charge in [-0.05, 0) is 36.4 Å². The summed E-state index contributed by atoms with van der Waals surface area (Å²) in [5.41, 5.74) is 0.832. The van der Waals surface area contributed by atoms with Gasteiger partial charge in [0.15, 0.2) is 11.6 Å². The Balaban J connectivity index is 1.59. The molecule has 0 spiro atoms. The third kappa shape index (κ3) is 3.90. The quantitative estimate of drug-likeness (QED) is 0.880. The number of nitrogens with one attached hydrogen (secondary N) is 2. The largest absolute Gasteiger partial charge is 0.497 e. The topological polar surface area (TPSA) is 70.7 Å². The smallest absolute Gasteiger partial charge is 0.319 e. The lowest BCUT2D eigenvalue weighted by Gasteiger charge is -2.17. The van der Waals surface area contributed by atoms with E-state index in [-0.39, 0.29) is 18.0 Å². The van der Waals surface area contributed by atoms with Gasteiger partial charge in [0.2, 0.25) is 5.91 Å². The Morgan fingerprint density at radius 1 is 1.15 bits per heavy atom. The fraction of sp³-hybridized carbons (Fsp3) is 0.222. The summed E-state index contributed by atoms with van der Waals surface area (Å²) in [7, 11) is 1.56. The lowest BCUT2D eigenvalue weighted by atomic mass is 10.2. The van der Waals surface area contributed by atoms with E-state index >= 15 is 0 Å². The van der Waals surface area contributed by atoms with Crippen LogP contribution in [0.5, 0.6) is 5.75 Å². The fourth-order valence-corrected chi connectivity index (χ4v) is 2.74. The monoisotopic (exact) mass is 361 g/mol. The van der Waals surface area contributed by atoms with Crippen LogP contribution in [-0.2, 0) is 4.79 Å². The van der Waals surface area contributed by atoms with Gasteiger partial charge in [-0.25, -0.2) is 13.6 Å². The third-order valence-electron chi connectivity index (χ3n) is 4.02. The Morgan fingerprint density at radius 3 is 2.54 bits per heavy atom. The highest BCUT2D eigenvalue weighted by atomic mass is 19.2. The van der Waals surface area contributed by atoms with Crippen LogP contribution in [-0.4, -0.2) is 31.6 Å². The minimum Gasteiger partial charge on any atom is -0.497 e. The van der Waals surface area contributed by atoms with Crippen LogP contribution in [0.4, 0.5) is 25.0 Å².